The predicted octanol–water partition coefficient (Wildman–Crippen LogP) is -2.14. The van der Waals surface area contributed by atoms with Crippen molar-refractivity contribution in [2.45, 2.75) is 250 Å². The van der Waals surface area contributed by atoms with Crippen LogP contribution in [0.15, 0.2) is 0 Å². The highest BCUT2D eigenvalue weighted by atomic mass is 16.2. The van der Waals surface area contributed by atoms with Gasteiger partial charge in [0, 0.05) is 0 Å². The lowest BCUT2D eigenvalue weighted by Crippen LogP contribution is -2.67. The fourth-order valence-electron chi connectivity index (χ4n) is 7.88. The van der Waals surface area contributed by atoms with Crippen molar-refractivity contribution in [2.24, 2.45) is 34.4 Å². The lowest BCUT2D eigenvalue weighted by atomic mass is 9.96. The van der Waals surface area contributed by atoms with Crippen molar-refractivity contribution >= 4 is 64.9 Å². The summed E-state index contributed by atoms with van der Waals surface area (Å²) in [6.45, 7) is 20.0. The molecule has 5 atom stereocenters. The molecule has 0 saturated carbocycles. The van der Waals surface area contributed by atoms with Crippen molar-refractivity contribution in [1.82, 2.24) is 53.2 Å². The van der Waals surface area contributed by atoms with Gasteiger partial charge >= 0.3 is 0 Å². The lowest BCUT2D eigenvalue weighted by Gasteiger charge is -2.35. The number of ketones is 1. The average Bonchev–Trinajstić information content (AvgIpc) is 3.56. The largest absolute Gasteiger partial charge is 0.345 e. The molecule has 0 unspecified atom stereocenters. The van der Waals surface area contributed by atoms with E-state index in [-0.39, 0.29) is 44.6 Å². The van der Waals surface area contributed by atoms with Crippen molar-refractivity contribution in [3.63, 3.8) is 0 Å². The lowest BCUT2D eigenvalue weighted by molar-refractivity contribution is -0.140. The van der Waals surface area contributed by atoms with Gasteiger partial charge in [0.2, 0.25) is 59.1 Å². The summed E-state index contributed by atoms with van der Waals surface area (Å²) in [7, 11) is 0. The zero-order valence-electron chi connectivity index (χ0n) is 51.5. The average molecular weight is 1170 g/mol. The number of rotatable bonds is 41. The molecular weight excluding hydrogens is 1060 g/mol. The number of carbonyl (C=O) groups is 11. The molecule has 472 valence electrons. The van der Waals surface area contributed by atoms with E-state index in [1.807, 2.05) is 0 Å². The zero-order chi connectivity index (χ0) is 63.5. The SMILES string of the molecule is CC(=O)[C@H](CCCCN)NC(=O)[C@@H](CCCCN)NC(=O)C(C)(C)NC(=O)C(C)(C)NC(=O)[C@H](CCCCN)NC(=O)C(C)(C)NC(=O)C(C)(C)NC(=O)[C@@H](CCCCN)NC(=O)[C@H](CCCCN)NC(=O)C(C)(C)NC(=O)C(C)(C)N. The number of Topliss-reactive ketones (excluding diaryl/α,β-unsaturated/α-hetero) is 1. The van der Waals surface area contributed by atoms with Crippen molar-refractivity contribution in [3.05, 3.63) is 0 Å². The van der Waals surface area contributed by atoms with E-state index in [1.54, 1.807) is 0 Å². The normalized spacial score (nSPS) is 14.1. The van der Waals surface area contributed by atoms with Gasteiger partial charge in [0.25, 0.3) is 0 Å². The third-order valence-electron chi connectivity index (χ3n) is 13.6. The van der Waals surface area contributed by atoms with E-state index in [1.165, 1.54) is 90.0 Å². The van der Waals surface area contributed by atoms with Crippen LogP contribution in [-0.4, -0.2) is 161 Å². The maximum Gasteiger partial charge on any atom is 0.246 e. The maximum atomic E-state index is 14.1. The molecule has 0 aliphatic rings. The van der Waals surface area contributed by atoms with Gasteiger partial charge in [-0.05, 0) is 219 Å². The molecule has 27 nitrogen and oxygen atoms in total. The smallest absolute Gasteiger partial charge is 0.246 e. The Bertz CT molecular complexity index is 2140. The molecule has 0 aromatic heterocycles. The number of amides is 10. The first-order valence-corrected chi connectivity index (χ1v) is 28.8. The summed E-state index contributed by atoms with van der Waals surface area (Å²) in [5.74, 6) is -7.53. The standard InChI is InChI=1S/C55H106N16O11/c1-34(72)35(24-14-19-29-56)62-40(73)36(25-15-20-30-57)64-46(79)52(6,7)70-49(82)55(12,13)68-43(76)39(28-18-23-33-60)66-47(80)53(8,9)71-48(81)54(10,11)67-42(75)38(27-17-22-32-59)63-41(74)37(26-16-21-31-58)65-45(78)51(4,5)69-44(77)50(2,3)61/h35-39H,14-33,56-61H2,1-13H3,(H,62,73)(H,63,74)(H,64,79)(H,65,78)(H,66,80)(H,67,75)(H,68,76)(H,69,77)(H,70,82)(H,71,81)/t35-,36+,37-,38+,39-/m0/s1. The van der Waals surface area contributed by atoms with Crippen LogP contribution in [0.3, 0.4) is 0 Å². The van der Waals surface area contributed by atoms with Gasteiger partial charge in [0.1, 0.15) is 51.9 Å². The molecule has 22 N–H and O–H groups in total. The number of hydrogen-bond donors (Lipinski definition) is 16. The molecule has 0 aliphatic heterocycles. The van der Waals surface area contributed by atoms with Crippen LogP contribution in [0.1, 0.15) is 186 Å². The maximum absolute atomic E-state index is 14.1. The Morgan fingerprint density at radius 1 is 0.293 bits per heavy atom. The van der Waals surface area contributed by atoms with Crippen LogP contribution in [0, 0.1) is 0 Å². The molecule has 0 saturated heterocycles. The van der Waals surface area contributed by atoms with Crippen LogP contribution in [0.25, 0.3) is 0 Å². The van der Waals surface area contributed by atoms with Crippen LogP contribution < -0.4 is 87.6 Å². The number of hydrogen-bond acceptors (Lipinski definition) is 17. The molecule has 0 bridgehead atoms. The first-order chi connectivity index (χ1) is 37.8. The van der Waals surface area contributed by atoms with Gasteiger partial charge in [0.15, 0.2) is 5.78 Å². The Labute approximate surface area is 486 Å². The quantitative estimate of drug-likeness (QED) is 0.0290. The summed E-state index contributed by atoms with van der Waals surface area (Å²) in [6, 6.07) is -5.53. The number of unbranched alkanes of at least 4 members (excludes halogenated alkanes) is 5. The molecule has 0 aromatic rings. The van der Waals surface area contributed by atoms with Gasteiger partial charge in [-0.15, -0.1) is 0 Å². The number of nitrogens with two attached hydrogens (primary N) is 6. The van der Waals surface area contributed by atoms with Gasteiger partial charge in [0.05, 0.1) is 11.6 Å². The van der Waals surface area contributed by atoms with Crippen LogP contribution in [-0.2, 0) is 52.7 Å². The van der Waals surface area contributed by atoms with E-state index < -0.39 is 123 Å². The summed E-state index contributed by atoms with van der Waals surface area (Å²) < 4.78 is 0. The van der Waals surface area contributed by atoms with Gasteiger partial charge in [-0.1, -0.05) is 0 Å². The topological polar surface area (TPSA) is 464 Å². The van der Waals surface area contributed by atoms with Gasteiger partial charge in [-0.3, -0.25) is 52.7 Å². The van der Waals surface area contributed by atoms with E-state index in [9.17, 15) is 52.7 Å². The summed E-state index contributed by atoms with van der Waals surface area (Å²) >= 11 is 0. The molecule has 10 amide bonds. The van der Waals surface area contributed by atoms with Crippen LogP contribution >= 0.6 is 0 Å². The Morgan fingerprint density at radius 3 is 0.768 bits per heavy atom. The number of carbonyl (C=O) groups excluding carboxylic acids is 11. The van der Waals surface area contributed by atoms with Gasteiger partial charge in [-0.25, -0.2) is 0 Å². The van der Waals surface area contributed by atoms with Crippen molar-refractivity contribution < 1.29 is 52.7 Å². The third-order valence-corrected chi connectivity index (χ3v) is 13.6. The first kappa shape index (κ1) is 76.1. The Balaban J connectivity index is 6.39. The fourth-order valence-corrected chi connectivity index (χ4v) is 7.88. The summed E-state index contributed by atoms with van der Waals surface area (Å²) in [5.41, 5.74) is 24.8. The molecular formula is C55H106N16O11. The highest BCUT2D eigenvalue weighted by molar-refractivity contribution is 6.02. The van der Waals surface area contributed by atoms with Crippen LogP contribution in [0.4, 0.5) is 0 Å². The number of nitrogens with one attached hydrogen (secondary N) is 10. The van der Waals surface area contributed by atoms with Crippen molar-refractivity contribution in [1.29, 1.82) is 0 Å². The predicted molar refractivity (Wildman–Crippen MR) is 314 cm³/mol. The first-order valence-electron chi connectivity index (χ1n) is 28.8. The molecule has 0 radical (unpaired) electrons. The fraction of sp³-hybridized carbons (Fsp3) is 0.800. The van der Waals surface area contributed by atoms with Crippen molar-refractivity contribution in [3.8, 4) is 0 Å². The third kappa shape index (κ3) is 27.5. The second-order valence-corrected chi connectivity index (χ2v) is 24.4. The van der Waals surface area contributed by atoms with Crippen molar-refractivity contribution in [2.75, 3.05) is 32.7 Å². The molecule has 27 heteroatoms. The molecule has 82 heavy (non-hydrogen) atoms. The highest BCUT2D eigenvalue weighted by Crippen LogP contribution is 2.17. The van der Waals surface area contributed by atoms with E-state index in [4.69, 9.17) is 34.4 Å². The highest BCUT2D eigenvalue weighted by Gasteiger charge is 2.43. The molecule has 0 spiro atoms. The van der Waals surface area contributed by atoms with E-state index in [2.05, 4.69) is 53.2 Å². The monoisotopic (exact) mass is 1170 g/mol. The van der Waals surface area contributed by atoms with Crippen LogP contribution in [0.2, 0.25) is 0 Å². The Morgan fingerprint density at radius 2 is 0.512 bits per heavy atom. The molecule has 0 rings (SSSR count). The summed E-state index contributed by atoms with van der Waals surface area (Å²) in [5, 5.41) is 26.8. The molecule has 0 fully saturated rings. The van der Waals surface area contributed by atoms with Gasteiger partial charge in [-0.2, -0.15) is 0 Å². The molecule has 0 aromatic carbocycles. The van der Waals surface area contributed by atoms with Crippen LogP contribution in [0.5, 0.6) is 0 Å². The minimum atomic E-state index is -1.73. The second-order valence-electron chi connectivity index (χ2n) is 24.4. The Kier molecular flexibility index (Phi) is 32.8. The minimum absolute atomic E-state index is 0.0623. The molecule has 0 heterocycles. The van der Waals surface area contributed by atoms with Gasteiger partial charge < -0.3 is 87.6 Å². The molecule has 0 aliphatic carbocycles. The summed E-state index contributed by atoms with van der Waals surface area (Å²) in [4.78, 5) is 150. The summed E-state index contributed by atoms with van der Waals surface area (Å²) in [6.07, 6.45) is 5.81. The minimum Gasteiger partial charge on any atom is -0.345 e. The second kappa shape index (κ2) is 35.3. The Hall–Kier alpha value is -5.87. The van der Waals surface area contributed by atoms with E-state index in [0.717, 1.165) is 0 Å². The zero-order valence-corrected chi connectivity index (χ0v) is 51.5. The van der Waals surface area contributed by atoms with E-state index >= 15 is 0 Å². The van der Waals surface area contributed by atoms with E-state index in [0.29, 0.717) is 90.3 Å².